The maximum absolute atomic E-state index is 4.43. The van der Waals surface area contributed by atoms with E-state index in [2.05, 4.69) is 76.3 Å². The Balaban J connectivity index is 1.59. The molecule has 0 saturated carbocycles. The highest BCUT2D eigenvalue weighted by Gasteiger charge is 2.14. The summed E-state index contributed by atoms with van der Waals surface area (Å²) in [5.41, 5.74) is 4.78. The normalized spacial score (nSPS) is 10.7. The summed E-state index contributed by atoms with van der Waals surface area (Å²) in [5, 5.41) is 12.3. The second-order valence-corrected chi connectivity index (χ2v) is 6.53. The molecule has 0 amide bonds. The van der Waals surface area contributed by atoms with Crippen LogP contribution in [0, 0.1) is 0 Å². The largest absolute Gasteiger partial charge is 0.363 e. The van der Waals surface area contributed by atoms with E-state index in [4.69, 9.17) is 0 Å². The minimum Gasteiger partial charge on any atom is -0.363 e. The lowest BCUT2D eigenvalue weighted by atomic mass is 10.1. The van der Waals surface area contributed by atoms with Crippen LogP contribution in [-0.4, -0.2) is 15.0 Å². The van der Waals surface area contributed by atoms with Crippen molar-refractivity contribution >= 4 is 5.82 Å². The van der Waals surface area contributed by atoms with Gasteiger partial charge in [-0.15, -0.1) is 5.10 Å². The third-order valence-corrected chi connectivity index (χ3v) is 4.53. The zero-order chi connectivity index (χ0) is 18.3. The quantitative estimate of drug-likeness (QED) is 0.530. The molecule has 0 fully saturated rings. The van der Waals surface area contributed by atoms with Gasteiger partial charge in [0, 0.05) is 13.0 Å². The Labute approximate surface area is 159 Å². The third-order valence-electron chi connectivity index (χ3n) is 4.53. The number of rotatable bonds is 7. The molecule has 0 aliphatic heterocycles. The standard InChI is InChI=1S/C23H22N4/c1-4-10-19(11-5-1)16-22-23(24-17-20-12-6-2-7-13-20)25-26-27(22)18-21-14-8-3-9-15-21/h1-15,24H,16-18H2. The highest BCUT2D eigenvalue weighted by Crippen LogP contribution is 2.19. The molecule has 1 aromatic heterocycles. The average Bonchev–Trinajstić information content (AvgIpc) is 3.10. The molecule has 0 radical (unpaired) electrons. The van der Waals surface area contributed by atoms with Crippen molar-refractivity contribution in [2.24, 2.45) is 0 Å². The van der Waals surface area contributed by atoms with Crippen LogP contribution in [0.25, 0.3) is 0 Å². The highest BCUT2D eigenvalue weighted by atomic mass is 15.5. The Hall–Kier alpha value is -3.40. The van der Waals surface area contributed by atoms with Gasteiger partial charge in [-0.2, -0.15) is 0 Å². The van der Waals surface area contributed by atoms with Gasteiger partial charge in [-0.05, 0) is 16.7 Å². The molecule has 1 N–H and O–H groups in total. The molecule has 0 aliphatic rings. The maximum atomic E-state index is 4.43. The molecule has 0 bridgehead atoms. The molecule has 0 atom stereocenters. The van der Waals surface area contributed by atoms with Crippen molar-refractivity contribution in [1.29, 1.82) is 0 Å². The molecule has 0 aliphatic carbocycles. The van der Waals surface area contributed by atoms with Gasteiger partial charge in [0.25, 0.3) is 0 Å². The summed E-state index contributed by atoms with van der Waals surface area (Å²) in [5.74, 6) is 0.846. The number of benzene rings is 3. The van der Waals surface area contributed by atoms with Crippen LogP contribution in [0.1, 0.15) is 22.4 Å². The van der Waals surface area contributed by atoms with E-state index in [9.17, 15) is 0 Å². The van der Waals surface area contributed by atoms with Crippen LogP contribution in [0.3, 0.4) is 0 Å². The SMILES string of the molecule is c1ccc(CNc2nnn(Cc3ccccc3)c2Cc2ccccc2)cc1. The smallest absolute Gasteiger partial charge is 0.172 e. The van der Waals surface area contributed by atoms with Crippen LogP contribution in [-0.2, 0) is 19.5 Å². The minimum absolute atomic E-state index is 0.711. The highest BCUT2D eigenvalue weighted by molar-refractivity contribution is 5.43. The van der Waals surface area contributed by atoms with Crippen molar-refractivity contribution in [1.82, 2.24) is 15.0 Å². The molecule has 1 heterocycles. The topological polar surface area (TPSA) is 42.7 Å². The van der Waals surface area contributed by atoms with E-state index < -0.39 is 0 Å². The van der Waals surface area contributed by atoms with Crippen molar-refractivity contribution in [2.45, 2.75) is 19.5 Å². The van der Waals surface area contributed by atoms with E-state index in [-0.39, 0.29) is 0 Å². The van der Waals surface area contributed by atoms with Crippen LogP contribution in [0.2, 0.25) is 0 Å². The number of nitrogens with zero attached hydrogens (tertiary/aromatic N) is 3. The Morgan fingerprint density at radius 1 is 0.667 bits per heavy atom. The van der Waals surface area contributed by atoms with Crippen LogP contribution in [0.15, 0.2) is 91.0 Å². The third kappa shape index (κ3) is 4.42. The number of hydrogen-bond acceptors (Lipinski definition) is 3. The first-order valence-electron chi connectivity index (χ1n) is 9.16. The van der Waals surface area contributed by atoms with Gasteiger partial charge in [0.2, 0.25) is 0 Å². The van der Waals surface area contributed by atoms with Gasteiger partial charge in [-0.25, -0.2) is 4.68 Å². The lowest BCUT2D eigenvalue weighted by Gasteiger charge is -2.10. The van der Waals surface area contributed by atoms with Gasteiger partial charge in [0.15, 0.2) is 5.82 Å². The van der Waals surface area contributed by atoms with Crippen LogP contribution in [0.5, 0.6) is 0 Å². The molecule has 4 aromatic rings. The molecule has 0 spiro atoms. The predicted molar refractivity (Wildman–Crippen MR) is 109 cm³/mol. The summed E-state index contributed by atoms with van der Waals surface area (Å²) in [7, 11) is 0. The molecule has 4 nitrogen and oxygen atoms in total. The van der Waals surface area contributed by atoms with E-state index >= 15 is 0 Å². The second-order valence-electron chi connectivity index (χ2n) is 6.53. The molecule has 27 heavy (non-hydrogen) atoms. The fraction of sp³-hybridized carbons (Fsp3) is 0.130. The van der Waals surface area contributed by atoms with E-state index in [0.717, 1.165) is 24.5 Å². The molecule has 134 valence electrons. The summed E-state index contributed by atoms with van der Waals surface area (Å²) in [6.07, 6.45) is 0.789. The van der Waals surface area contributed by atoms with Gasteiger partial charge in [0.05, 0.1) is 12.2 Å². The van der Waals surface area contributed by atoms with E-state index in [1.165, 1.54) is 16.7 Å². The zero-order valence-corrected chi connectivity index (χ0v) is 15.1. The summed E-state index contributed by atoms with van der Waals surface area (Å²) in [6.45, 7) is 1.44. The van der Waals surface area contributed by atoms with E-state index in [0.29, 0.717) is 6.54 Å². The predicted octanol–water partition coefficient (Wildman–Crippen LogP) is 4.53. The molecule has 0 saturated heterocycles. The average molecular weight is 354 g/mol. The number of aromatic nitrogens is 3. The van der Waals surface area contributed by atoms with Crippen LogP contribution < -0.4 is 5.32 Å². The monoisotopic (exact) mass is 354 g/mol. The van der Waals surface area contributed by atoms with Gasteiger partial charge in [-0.3, -0.25) is 0 Å². The van der Waals surface area contributed by atoms with E-state index in [1.54, 1.807) is 0 Å². The van der Waals surface area contributed by atoms with Gasteiger partial charge >= 0.3 is 0 Å². The molecular weight excluding hydrogens is 332 g/mol. The van der Waals surface area contributed by atoms with Gasteiger partial charge < -0.3 is 5.32 Å². The molecule has 3 aromatic carbocycles. The van der Waals surface area contributed by atoms with Crippen molar-refractivity contribution in [2.75, 3.05) is 5.32 Å². The van der Waals surface area contributed by atoms with Crippen LogP contribution >= 0.6 is 0 Å². The fourth-order valence-corrected chi connectivity index (χ4v) is 3.10. The Morgan fingerprint density at radius 3 is 1.85 bits per heavy atom. The number of nitrogens with one attached hydrogen (secondary N) is 1. The Kier molecular flexibility index (Phi) is 5.25. The van der Waals surface area contributed by atoms with Crippen molar-refractivity contribution < 1.29 is 0 Å². The number of hydrogen-bond donors (Lipinski definition) is 1. The zero-order valence-electron chi connectivity index (χ0n) is 15.1. The summed E-state index contributed by atoms with van der Waals surface area (Å²) < 4.78 is 2.00. The Bertz CT molecular complexity index is 963. The molecule has 4 rings (SSSR count). The summed E-state index contributed by atoms with van der Waals surface area (Å²) >= 11 is 0. The van der Waals surface area contributed by atoms with Crippen LogP contribution in [0.4, 0.5) is 5.82 Å². The van der Waals surface area contributed by atoms with Crippen molar-refractivity contribution in [3.05, 3.63) is 113 Å². The van der Waals surface area contributed by atoms with E-state index in [1.807, 2.05) is 35.0 Å². The first-order valence-corrected chi connectivity index (χ1v) is 9.16. The minimum atomic E-state index is 0.711. The lowest BCUT2D eigenvalue weighted by Crippen LogP contribution is -2.09. The first-order chi connectivity index (χ1) is 13.4. The second kappa shape index (κ2) is 8.32. The fourth-order valence-electron chi connectivity index (χ4n) is 3.10. The summed E-state index contributed by atoms with van der Waals surface area (Å²) in [6, 6.07) is 31.2. The molecule has 4 heteroatoms. The molecular formula is C23H22N4. The molecule has 0 unspecified atom stereocenters. The number of anilines is 1. The van der Waals surface area contributed by atoms with Gasteiger partial charge in [-0.1, -0.05) is 96.2 Å². The van der Waals surface area contributed by atoms with Crippen molar-refractivity contribution in [3.63, 3.8) is 0 Å². The van der Waals surface area contributed by atoms with Crippen molar-refractivity contribution in [3.8, 4) is 0 Å². The Morgan fingerprint density at radius 2 is 1.22 bits per heavy atom. The first kappa shape index (κ1) is 17.0. The lowest BCUT2D eigenvalue weighted by molar-refractivity contribution is 0.625. The summed E-state index contributed by atoms with van der Waals surface area (Å²) in [4.78, 5) is 0. The van der Waals surface area contributed by atoms with Gasteiger partial charge in [0.1, 0.15) is 0 Å². The maximum Gasteiger partial charge on any atom is 0.172 e.